The zero-order chi connectivity index (χ0) is 14.8. The lowest BCUT2D eigenvalue weighted by Gasteiger charge is -2.20. The smallest absolute Gasteiger partial charge is 0.245 e. The van der Waals surface area contributed by atoms with Crippen LogP contribution < -0.4 is 3.71 Å². The summed E-state index contributed by atoms with van der Waals surface area (Å²) in [6.45, 7) is 0.692. The average molecular weight is 306 g/mol. The maximum Gasteiger partial charge on any atom is 0.245 e. The lowest BCUT2D eigenvalue weighted by atomic mass is 10.2. The largest absolute Gasteiger partial charge is 0.305 e. The number of rotatable bonds is 5. The Hall–Kier alpha value is -1.12. The van der Waals surface area contributed by atoms with Gasteiger partial charge in [-0.25, -0.2) is 16.8 Å². The Morgan fingerprint density at radius 1 is 0.895 bits per heavy atom. The van der Waals surface area contributed by atoms with Crippen LogP contribution in [0, 0.1) is 0 Å². The molecule has 0 N–H and O–H groups in total. The minimum Gasteiger partial charge on any atom is -0.305 e. The van der Waals surface area contributed by atoms with Gasteiger partial charge in [-0.3, -0.25) is 0 Å². The molecule has 0 fully saturated rings. The van der Waals surface area contributed by atoms with E-state index in [4.69, 9.17) is 0 Å². The van der Waals surface area contributed by atoms with E-state index in [9.17, 15) is 16.8 Å². The molecule has 0 aliphatic rings. The van der Waals surface area contributed by atoms with E-state index in [-0.39, 0.29) is 5.69 Å². The summed E-state index contributed by atoms with van der Waals surface area (Å²) in [5, 5.41) is 0. The molecule has 108 valence electrons. The number of nitrogens with zero attached hydrogens (tertiary/aromatic N) is 2. The van der Waals surface area contributed by atoms with Gasteiger partial charge < -0.3 is 4.90 Å². The van der Waals surface area contributed by atoms with E-state index >= 15 is 0 Å². The molecule has 0 unspecified atom stereocenters. The summed E-state index contributed by atoms with van der Waals surface area (Å²) in [6.07, 6.45) is 1.73. The van der Waals surface area contributed by atoms with Gasteiger partial charge in [-0.1, -0.05) is 12.1 Å². The highest BCUT2D eigenvalue weighted by Crippen LogP contribution is 2.21. The van der Waals surface area contributed by atoms with Gasteiger partial charge in [0.2, 0.25) is 20.0 Å². The van der Waals surface area contributed by atoms with Crippen molar-refractivity contribution in [2.75, 3.05) is 30.3 Å². The number of hydrogen-bond donors (Lipinski definition) is 0. The van der Waals surface area contributed by atoms with Gasteiger partial charge in [0.15, 0.2) is 0 Å². The molecule has 8 heteroatoms. The van der Waals surface area contributed by atoms with Crippen molar-refractivity contribution in [3.8, 4) is 0 Å². The van der Waals surface area contributed by atoms with Crippen molar-refractivity contribution in [2.45, 2.75) is 6.54 Å². The summed E-state index contributed by atoms with van der Waals surface area (Å²) in [6, 6.07) is 6.39. The first-order chi connectivity index (χ1) is 8.51. The Morgan fingerprint density at radius 2 is 1.32 bits per heavy atom. The molecule has 0 aromatic heterocycles. The highest BCUT2D eigenvalue weighted by atomic mass is 32.3. The number of benzene rings is 1. The van der Waals surface area contributed by atoms with Crippen LogP contribution in [0.3, 0.4) is 0 Å². The molecule has 0 aliphatic carbocycles. The predicted molar refractivity (Wildman–Crippen MR) is 76.0 cm³/mol. The average Bonchev–Trinajstić information content (AvgIpc) is 2.15. The standard InChI is InChI=1S/C11H18N2O4S2/c1-12(2)9-10-5-7-11(8-6-10)13(18(3,14)15)19(4,16)17/h5-8H,9H2,1-4H3. The molecule has 0 spiro atoms. The molecule has 19 heavy (non-hydrogen) atoms. The predicted octanol–water partition coefficient (Wildman–Crippen LogP) is 0.474. The molecular weight excluding hydrogens is 288 g/mol. The second-order valence-corrected chi connectivity index (χ2v) is 8.52. The summed E-state index contributed by atoms with van der Waals surface area (Å²) in [7, 11) is -3.93. The Bertz CT molecular complexity index is 602. The minimum atomic E-state index is -3.88. The van der Waals surface area contributed by atoms with Gasteiger partial charge in [-0.15, -0.1) is 0 Å². The van der Waals surface area contributed by atoms with Crippen molar-refractivity contribution in [1.29, 1.82) is 0 Å². The molecule has 1 aromatic rings. The SMILES string of the molecule is CN(C)Cc1ccc(N(S(C)(=O)=O)S(C)(=O)=O)cc1. The normalized spacial score (nSPS) is 12.7. The van der Waals surface area contributed by atoms with E-state index < -0.39 is 20.0 Å². The van der Waals surface area contributed by atoms with Crippen LogP contribution >= 0.6 is 0 Å². The first kappa shape index (κ1) is 15.9. The van der Waals surface area contributed by atoms with Crippen molar-refractivity contribution in [3.63, 3.8) is 0 Å². The molecule has 0 saturated carbocycles. The first-order valence-electron chi connectivity index (χ1n) is 5.46. The first-order valence-corrected chi connectivity index (χ1v) is 9.15. The van der Waals surface area contributed by atoms with Crippen molar-refractivity contribution in [1.82, 2.24) is 4.90 Å². The minimum absolute atomic E-state index is 0.118. The third kappa shape index (κ3) is 4.48. The fourth-order valence-corrected chi connectivity index (χ4v) is 4.69. The molecule has 0 heterocycles. The molecule has 0 saturated heterocycles. The summed E-state index contributed by atoms with van der Waals surface area (Å²) in [5.41, 5.74) is 1.09. The van der Waals surface area contributed by atoms with Crippen LogP contribution in [0.5, 0.6) is 0 Å². The van der Waals surface area contributed by atoms with Crippen molar-refractivity contribution < 1.29 is 16.8 Å². The lowest BCUT2D eigenvalue weighted by molar-refractivity contribution is 0.402. The molecule has 0 radical (unpaired) electrons. The summed E-state index contributed by atoms with van der Waals surface area (Å²) >= 11 is 0. The van der Waals surface area contributed by atoms with E-state index in [0.29, 0.717) is 10.3 Å². The highest BCUT2D eigenvalue weighted by Gasteiger charge is 2.26. The second-order valence-electron chi connectivity index (χ2n) is 4.63. The van der Waals surface area contributed by atoms with Crippen LogP contribution in [-0.2, 0) is 26.6 Å². The van der Waals surface area contributed by atoms with E-state index in [1.807, 2.05) is 19.0 Å². The Balaban J connectivity index is 3.20. The van der Waals surface area contributed by atoms with Crippen molar-refractivity contribution in [2.24, 2.45) is 0 Å². The number of sulfonamides is 2. The Labute approximate surface area is 114 Å². The highest BCUT2D eigenvalue weighted by molar-refractivity contribution is 8.09. The topological polar surface area (TPSA) is 74.8 Å². The monoisotopic (exact) mass is 306 g/mol. The zero-order valence-corrected chi connectivity index (χ0v) is 13.0. The third-order valence-electron chi connectivity index (χ3n) is 2.25. The van der Waals surface area contributed by atoms with Crippen LogP contribution in [-0.4, -0.2) is 48.3 Å². The van der Waals surface area contributed by atoms with Gasteiger partial charge in [0.25, 0.3) is 0 Å². The Kier molecular flexibility index (Phi) is 4.59. The molecule has 0 amide bonds. The van der Waals surface area contributed by atoms with Gasteiger partial charge in [0.1, 0.15) is 0 Å². The van der Waals surface area contributed by atoms with E-state index in [2.05, 4.69) is 0 Å². The van der Waals surface area contributed by atoms with Gasteiger partial charge in [-0.05, 0) is 31.8 Å². The molecular formula is C11H18N2O4S2. The third-order valence-corrected chi connectivity index (χ3v) is 5.50. The lowest BCUT2D eigenvalue weighted by Crippen LogP contribution is -2.35. The fourth-order valence-electron chi connectivity index (χ4n) is 1.72. The summed E-state index contributed by atoms with van der Waals surface area (Å²) in [5.74, 6) is 0. The van der Waals surface area contributed by atoms with Crippen LogP contribution in [0.2, 0.25) is 0 Å². The van der Waals surface area contributed by atoms with Crippen molar-refractivity contribution >= 4 is 25.7 Å². The van der Waals surface area contributed by atoms with Crippen LogP contribution in [0.4, 0.5) is 5.69 Å². The molecule has 6 nitrogen and oxygen atoms in total. The van der Waals surface area contributed by atoms with Gasteiger partial charge in [0.05, 0.1) is 18.2 Å². The Morgan fingerprint density at radius 3 is 1.63 bits per heavy atom. The maximum atomic E-state index is 11.6. The fraction of sp³-hybridized carbons (Fsp3) is 0.455. The molecule has 0 bridgehead atoms. The van der Waals surface area contributed by atoms with E-state index in [0.717, 1.165) is 18.1 Å². The molecule has 1 rings (SSSR count). The van der Waals surface area contributed by atoms with E-state index in [1.54, 1.807) is 12.1 Å². The molecule has 0 atom stereocenters. The molecule has 1 aromatic carbocycles. The number of anilines is 1. The van der Waals surface area contributed by atoms with Crippen LogP contribution in [0.1, 0.15) is 5.56 Å². The van der Waals surface area contributed by atoms with E-state index in [1.165, 1.54) is 12.1 Å². The summed E-state index contributed by atoms with van der Waals surface area (Å²) < 4.78 is 46.7. The second kappa shape index (κ2) is 5.48. The summed E-state index contributed by atoms with van der Waals surface area (Å²) in [4.78, 5) is 1.96. The van der Waals surface area contributed by atoms with Gasteiger partial charge in [0, 0.05) is 6.54 Å². The van der Waals surface area contributed by atoms with Crippen molar-refractivity contribution in [3.05, 3.63) is 29.8 Å². The zero-order valence-electron chi connectivity index (χ0n) is 11.4. The number of hydrogen-bond acceptors (Lipinski definition) is 5. The van der Waals surface area contributed by atoms with Gasteiger partial charge >= 0.3 is 0 Å². The van der Waals surface area contributed by atoms with Gasteiger partial charge in [-0.2, -0.15) is 3.71 Å². The molecule has 0 aliphatic heterocycles. The quantitative estimate of drug-likeness (QED) is 0.791. The van der Waals surface area contributed by atoms with Crippen LogP contribution in [0.15, 0.2) is 24.3 Å². The van der Waals surface area contributed by atoms with Crippen LogP contribution in [0.25, 0.3) is 0 Å². The maximum absolute atomic E-state index is 11.6.